The second-order valence-electron chi connectivity index (χ2n) is 4.55. The quantitative estimate of drug-likeness (QED) is 0.754. The molecule has 1 aliphatic heterocycles. The summed E-state index contributed by atoms with van der Waals surface area (Å²) >= 11 is 17.6. The molecule has 0 radical (unpaired) electrons. The number of alkyl halides is 1. The minimum Gasteiger partial charge on any atom is -0.339 e. The number of nitrogens with zero attached hydrogens (tertiary/aromatic N) is 1. The first-order valence-electron chi connectivity index (χ1n) is 5.91. The van der Waals surface area contributed by atoms with Gasteiger partial charge in [-0.05, 0) is 37.0 Å². The van der Waals surface area contributed by atoms with E-state index >= 15 is 0 Å². The molecule has 2 nitrogen and oxygen atoms in total. The van der Waals surface area contributed by atoms with Gasteiger partial charge < -0.3 is 4.90 Å². The molecule has 5 heteroatoms. The fraction of sp³-hybridized carbons (Fsp3) is 0.462. The van der Waals surface area contributed by atoms with Crippen LogP contribution in [-0.2, 0) is 0 Å². The van der Waals surface area contributed by atoms with Crippen LogP contribution in [0.5, 0.6) is 0 Å². The molecule has 1 aliphatic rings. The lowest BCUT2D eigenvalue weighted by molar-refractivity contribution is 0.0698. The van der Waals surface area contributed by atoms with Gasteiger partial charge >= 0.3 is 0 Å². The van der Waals surface area contributed by atoms with Crippen molar-refractivity contribution in [1.29, 1.82) is 0 Å². The van der Waals surface area contributed by atoms with Gasteiger partial charge in [-0.1, -0.05) is 23.2 Å². The van der Waals surface area contributed by atoms with E-state index in [1.807, 2.05) is 4.90 Å². The van der Waals surface area contributed by atoms with E-state index in [2.05, 4.69) is 0 Å². The number of carbonyl (C=O) groups excluding carboxylic acids is 1. The van der Waals surface area contributed by atoms with Crippen LogP contribution in [0.25, 0.3) is 0 Å². The monoisotopic (exact) mass is 305 g/mol. The number of hydrogen-bond acceptors (Lipinski definition) is 1. The van der Waals surface area contributed by atoms with Gasteiger partial charge in [0, 0.05) is 34.6 Å². The number of hydrogen-bond donors (Lipinski definition) is 0. The third-order valence-electron chi connectivity index (χ3n) is 3.23. The molecule has 1 heterocycles. The summed E-state index contributed by atoms with van der Waals surface area (Å²) in [6.07, 6.45) is 1.92. The van der Waals surface area contributed by atoms with Crippen molar-refractivity contribution in [3.8, 4) is 0 Å². The molecule has 0 saturated carbocycles. The Morgan fingerprint density at radius 1 is 1.17 bits per heavy atom. The fourth-order valence-corrected chi connectivity index (χ4v) is 2.98. The largest absolute Gasteiger partial charge is 0.339 e. The zero-order valence-electron chi connectivity index (χ0n) is 9.83. The summed E-state index contributed by atoms with van der Waals surface area (Å²) in [4.78, 5) is 14.1. The van der Waals surface area contributed by atoms with Crippen LogP contribution < -0.4 is 0 Å². The summed E-state index contributed by atoms with van der Waals surface area (Å²) in [6, 6.07) is 4.94. The molecule has 0 aliphatic carbocycles. The molecule has 0 spiro atoms. The molecule has 1 aromatic carbocycles. The van der Waals surface area contributed by atoms with Crippen LogP contribution in [0.3, 0.4) is 0 Å². The van der Waals surface area contributed by atoms with Crippen LogP contribution in [0.4, 0.5) is 0 Å². The van der Waals surface area contributed by atoms with Crippen molar-refractivity contribution in [3.63, 3.8) is 0 Å². The van der Waals surface area contributed by atoms with Crippen LogP contribution in [0, 0.1) is 5.92 Å². The van der Waals surface area contributed by atoms with Crippen molar-refractivity contribution < 1.29 is 4.79 Å². The average molecular weight is 307 g/mol. The van der Waals surface area contributed by atoms with Crippen molar-refractivity contribution >= 4 is 40.7 Å². The Labute approximate surface area is 122 Å². The summed E-state index contributed by atoms with van der Waals surface area (Å²) in [6.45, 7) is 1.50. The lowest BCUT2D eigenvalue weighted by Gasteiger charge is -2.31. The van der Waals surface area contributed by atoms with E-state index in [1.165, 1.54) is 0 Å². The van der Waals surface area contributed by atoms with E-state index in [9.17, 15) is 4.79 Å². The van der Waals surface area contributed by atoms with E-state index in [1.54, 1.807) is 18.2 Å². The smallest absolute Gasteiger partial charge is 0.253 e. The maximum atomic E-state index is 12.3. The minimum absolute atomic E-state index is 0.00702. The van der Waals surface area contributed by atoms with Gasteiger partial charge in [-0.15, -0.1) is 11.6 Å². The SMILES string of the molecule is O=C(c1cc(Cl)cc(Cl)c1)N1CCC(CCl)CC1. The van der Waals surface area contributed by atoms with Crippen molar-refractivity contribution in [1.82, 2.24) is 4.90 Å². The first-order chi connectivity index (χ1) is 8.60. The molecule has 2 rings (SSSR count). The maximum absolute atomic E-state index is 12.3. The van der Waals surface area contributed by atoms with Gasteiger partial charge in [-0.2, -0.15) is 0 Å². The van der Waals surface area contributed by atoms with Crippen molar-refractivity contribution in [2.75, 3.05) is 19.0 Å². The van der Waals surface area contributed by atoms with E-state index in [0.717, 1.165) is 25.9 Å². The predicted octanol–water partition coefficient (Wildman–Crippen LogP) is 4.08. The molecular weight excluding hydrogens is 293 g/mol. The number of rotatable bonds is 2. The Morgan fingerprint density at radius 2 is 1.72 bits per heavy atom. The summed E-state index contributed by atoms with van der Waals surface area (Å²) < 4.78 is 0. The molecule has 18 heavy (non-hydrogen) atoms. The summed E-state index contributed by atoms with van der Waals surface area (Å²) in [7, 11) is 0. The summed E-state index contributed by atoms with van der Waals surface area (Å²) in [5.74, 6) is 1.19. The van der Waals surface area contributed by atoms with Crippen molar-refractivity contribution in [2.45, 2.75) is 12.8 Å². The Hall–Kier alpha value is -0.440. The van der Waals surface area contributed by atoms with Gasteiger partial charge in [0.2, 0.25) is 0 Å². The summed E-state index contributed by atoms with van der Waals surface area (Å²) in [5.41, 5.74) is 0.553. The lowest BCUT2D eigenvalue weighted by Crippen LogP contribution is -2.38. The highest BCUT2D eigenvalue weighted by Gasteiger charge is 2.23. The Bertz CT molecular complexity index is 422. The fourth-order valence-electron chi connectivity index (χ4n) is 2.15. The molecule has 0 aromatic heterocycles. The number of benzene rings is 1. The van der Waals surface area contributed by atoms with E-state index < -0.39 is 0 Å². The van der Waals surface area contributed by atoms with Gasteiger partial charge in [0.15, 0.2) is 0 Å². The van der Waals surface area contributed by atoms with Crippen LogP contribution in [0.1, 0.15) is 23.2 Å². The standard InChI is InChI=1S/C13H14Cl3NO/c14-8-9-1-3-17(4-2-9)13(18)10-5-11(15)7-12(16)6-10/h5-7,9H,1-4,8H2. The second kappa shape index (κ2) is 6.14. The molecule has 1 saturated heterocycles. The first-order valence-corrected chi connectivity index (χ1v) is 7.20. The molecular formula is C13H14Cl3NO. The van der Waals surface area contributed by atoms with Gasteiger partial charge in [0.05, 0.1) is 0 Å². The van der Waals surface area contributed by atoms with Crippen LogP contribution >= 0.6 is 34.8 Å². The molecule has 1 aromatic rings. The number of halogens is 3. The third-order valence-corrected chi connectivity index (χ3v) is 4.10. The zero-order valence-corrected chi connectivity index (χ0v) is 12.1. The summed E-state index contributed by atoms with van der Waals surface area (Å²) in [5, 5.41) is 0.975. The normalized spacial score (nSPS) is 16.9. The van der Waals surface area contributed by atoms with E-state index in [4.69, 9.17) is 34.8 Å². The minimum atomic E-state index is -0.00702. The Balaban J connectivity index is 2.07. The molecule has 0 N–H and O–H groups in total. The van der Waals surface area contributed by atoms with E-state index in [-0.39, 0.29) is 5.91 Å². The van der Waals surface area contributed by atoms with Crippen LogP contribution in [-0.4, -0.2) is 29.8 Å². The molecule has 0 bridgehead atoms. The van der Waals surface area contributed by atoms with E-state index in [0.29, 0.717) is 27.4 Å². The molecule has 1 amide bonds. The van der Waals surface area contributed by atoms with Gasteiger partial charge in [-0.3, -0.25) is 4.79 Å². The first kappa shape index (κ1) is 14.0. The highest BCUT2D eigenvalue weighted by atomic mass is 35.5. The van der Waals surface area contributed by atoms with Gasteiger partial charge in [-0.25, -0.2) is 0 Å². The number of likely N-dealkylation sites (tertiary alicyclic amines) is 1. The highest BCUT2D eigenvalue weighted by Crippen LogP contribution is 2.23. The molecule has 98 valence electrons. The number of piperidine rings is 1. The Morgan fingerprint density at radius 3 is 2.22 bits per heavy atom. The van der Waals surface area contributed by atoms with Crippen molar-refractivity contribution in [2.24, 2.45) is 5.92 Å². The predicted molar refractivity (Wildman–Crippen MR) is 75.8 cm³/mol. The second-order valence-corrected chi connectivity index (χ2v) is 5.73. The lowest BCUT2D eigenvalue weighted by atomic mass is 9.98. The van der Waals surface area contributed by atoms with Gasteiger partial charge in [0.1, 0.15) is 0 Å². The zero-order chi connectivity index (χ0) is 13.1. The molecule has 1 fully saturated rings. The van der Waals surface area contributed by atoms with Crippen LogP contribution in [0.15, 0.2) is 18.2 Å². The maximum Gasteiger partial charge on any atom is 0.253 e. The molecule has 0 atom stereocenters. The third kappa shape index (κ3) is 3.31. The van der Waals surface area contributed by atoms with Crippen LogP contribution in [0.2, 0.25) is 10.0 Å². The van der Waals surface area contributed by atoms with Gasteiger partial charge in [0.25, 0.3) is 5.91 Å². The number of amides is 1. The average Bonchev–Trinajstić information content (AvgIpc) is 2.37. The molecule has 0 unspecified atom stereocenters. The highest BCUT2D eigenvalue weighted by molar-refractivity contribution is 6.35. The Kier molecular flexibility index (Phi) is 4.77. The van der Waals surface area contributed by atoms with Crippen molar-refractivity contribution in [3.05, 3.63) is 33.8 Å². The number of carbonyl (C=O) groups is 1. The topological polar surface area (TPSA) is 20.3 Å².